The molecular weight excluding hydrogens is 222 g/mol. The molecule has 16 heavy (non-hydrogen) atoms. The fraction of sp³-hybridized carbons (Fsp3) is 0.636. The fourth-order valence-corrected chi connectivity index (χ4v) is 1.93. The van der Waals surface area contributed by atoms with Crippen molar-refractivity contribution in [2.24, 2.45) is 0 Å². The van der Waals surface area contributed by atoms with Crippen LogP contribution in [0.1, 0.15) is 34.6 Å². The van der Waals surface area contributed by atoms with E-state index in [1.165, 1.54) is 6.33 Å². The van der Waals surface area contributed by atoms with Gasteiger partial charge in [0.2, 0.25) is 5.88 Å². The highest BCUT2D eigenvalue weighted by molar-refractivity contribution is 8.00. The first kappa shape index (κ1) is 13.1. The van der Waals surface area contributed by atoms with E-state index >= 15 is 0 Å². The number of hydrogen-bond donors (Lipinski definition) is 1. The van der Waals surface area contributed by atoms with Crippen molar-refractivity contribution < 1.29 is 4.74 Å². The Labute approximate surface area is 101 Å². The van der Waals surface area contributed by atoms with Crippen molar-refractivity contribution in [3.63, 3.8) is 0 Å². The lowest BCUT2D eigenvalue weighted by atomic mass is 10.3. The highest BCUT2D eigenvalue weighted by Crippen LogP contribution is 2.36. The number of ether oxygens (including phenoxy) is 1. The molecule has 0 aliphatic carbocycles. The fourth-order valence-electron chi connectivity index (χ4n) is 1.05. The van der Waals surface area contributed by atoms with Gasteiger partial charge in [-0.25, -0.2) is 4.98 Å². The largest absolute Gasteiger partial charge is 0.473 e. The van der Waals surface area contributed by atoms with Crippen LogP contribution < -0.4 is 10.5 Å². The summed E-state index contributed by atoms with van der Waals surface area (Å²) in [7, 11) is 0. The summed E-state index contributed by atoms with van der Waals surface area (Å²) in [5, 5.41) is 0.776. The normalized spacial score (nSPS) is 11.9. The third-order valence-corrected chi connectivity index (χ3v) is 2.69. The number of nitrogen functional groups attached to an aromatic ring is 1. The topological polar surface area (TPSA) is 61.0 Å². The maximum Gasteiger partial charge on any atom is 0.241 e. The molecule has 0 aliphatic rings. The van der Waals surface area contributed by atoms with E-state index in [0.29, 0.717) is 11.6 Å². The van der Waals surface area contributed by atoms with Crippen molar-refractivity contribution in [1.29, 1.82) is 0 Å². The Bertz CT molecular complexity index is 361. The molecule has 0 aliphatic heterocycles. The minimum Gasteiger partial charge on any atom is -0.473 e. The second-order valence-corrected chi connectivity index (χ2v) is 6.59. The summed E-state index contributed by atoms with van der Waals surface area (Å²) in [5.74, 6) is 0.469. The number of aromatic nitrogens is 2. The zero-order valence-corrected chi connectivity index (χ0v) is 11.3. The predicted molar refractivity (Wildman–Crippen MR) is 67.8 cm³/mol. The smallest absolute Gasteiger partial charge is 0.241 e. The van der Waals surface area contributed by atoms with Crippen LogP contribution in [0.25, 0.3) is 0 Å². The molecule has 0 unspecified atom stereocenters. The predicted octanol–water partition coefficient (Wildman–Crippen LogP) is 2.74. The second-order valence-electron chi connectivity index (χ2n) is 4.78. The lowest BCUT2D eigenvalue weighted by Crippen LogP contribution is -2.12. The summed E-state index contributed by atoms with van der Waals surface area (Å²) in [6.45, 7) is 10.2. The molecule has 0 aromatic carbocycles. The van der Waals surface area contributed by atoms with Gasteiger partial charge in [0.1, 0.15) is 17.0 Å². The van der Waals surface area contributed by atoms with Gasteiger partial charge in [-0.1, -0.05) is 32.5 Å². The summed E-state index contributed by atoms with van der Waals surface area (Å²) >= 11 is 1.61. The lowest BCUT2D eigenvalue weighted by molar-refractivity contribution is 0.233. The number of anilines is 1. The van der Waals surface area contributed by atoms with Gasteiger partial charge in [0, 0.05) is 4.75 Å². The Morgan fingerprint density at radius 1 is 1.31 bits per heavy atom. The van der Waals surface area contributed by atoms with Gasteiger partial charge in [-0.15, -0.1) is 0 Å². The maximum atomic E-state index is 5.97. The van der Waals surface area contributed by atoms with E-state index in [1.54, 1.807) is 11.8 Å². The minimum absolute atomic E-state index is 0.0599. The van der Waals surface area contributed by atoms with Crippen molar-refractivity contribution in [3.8, 4) is 5.88 Å². The van der Waals surface area contributed by atoms with Gasteiger partial charge < -0.3 is 10.5 Å². The molecule has 1 aromatic heterocycles. The van der Waals surface area contributed by atoms with Gasteiger partial charge in [0.25, 0.3) is 0 Å². The second kappa shape index (κ2) is 4.91. The zero-order chi connectivity index (χ0) is 12.3. The van der Waals surface area contributed by atoms with Crippen LogP contribution in [-0.4, -0.2) is 20.8 Å². The molecule has 0 saturated heterocycles. The van der Waals surface area contributed by atoms with Crippen molar-refractivity contribution >= 4 is 17.4 Å². The first-order valence-corrected chi connectivity index (χ1v) is 6.07. The van der Waals surface area contributed by atoms with Crippen molar-refractivity contribution in [1.82, 2.24) is 9.97 Å². The maximum absolute atomic E-state index is 5.97. The van der Waals surface area contributed by atoms with Crippen molar-refractivity contribution in [2.75, 3.05) is 5.73 Å². The number of nitrogens with zero attached hydrogens (tertiary/aromatic N) is 2. The van der Waals surface area contributed by atoms with E-state index < -0.39 is 0 Å². The molecule has 5 heteroatoms. The summed E-state index contributed by atoms with van der Waals surface area (Å²) in [6, 6.07) is 0. The van der Waals surface area contributed by atoms with Crippen LogP contribution in [0.3, 0.4) is 0 Å². The zero-order valence-electron chi connectivity index (χ0n) is 10.4. The van der Waals surface area contributed by atoms with Crippen LogP contribution in [0.5, 0.6) is 5.88 Å². The van der Waals surface area contributed by atoms with E-state index in [0.717, 1.165) is 5.03 Å². The molecule has 1 aromatic rings. The Balaban J connectivity index is 2.95. The summed E-state index contributed by atoms with van der Waals surface area (Å²) in [6.07, 6.45) is 1.55. The van der Waals surface area contributed by atoms with Gasteiger partial charge in [0.15, 0.2) is 0 Å². The Hall–Kier alpha value is -0.970. The third-order valence-electron chi connectivity index (χ3n) is 1.56. The van der Waals surface area contributed by atoms with Crippen molar-refractivity contribution in [3.05, 3.63) is 6.33 Å². The monoisotopic (exact) mass is 241 g/mol. The highest BCUT2D eigenvalue weighted by Gasteiger charge is 2.18. The SMILES string of the molecule is CC(C)Oc1ncnc(SC(C)(C)C)c1N. The van der Waals surface area contributed by atoms with E-state index in [9.17, 15) is 0 Å². The quantitative estimate of drug-likeness (QED) is 0.651. The summed E-state index contributed by atoms with van der Waals surface area (Å²) in [4.78, 5) is 8.22. The molecule has 0 saturated carbocycles. The number of nitrogens with two attached hydrogens (primary N) is 1. The molecule has 1 heterocycles. The summed E-state index contributed by atoms with van der Waals surface area (Å²) < 4.78 is 5.58. The van der Waals surface area contributed by atoms with Crippen LogP contribution in [0.2, 0.25) is 0 Å². The Morgan fingerprint density at radius 2 is 1.94 bits per heavy atom. The van der Waals surface area contributed by atoms with Crippen LogP contribution >= 0.6 is 11.8 Å². The van der Waals surface area contributed by atoms with Crippen molar-refractivity contribution in [2.45, 2.75) is 50.5 Å². The van der Waals surface area contributed by atoms with Crippen LogP contribution in [0, 0.1) is 0 Å². The van der Waals surface area contributed by atoms with Crippen LogP contribution in [-0.2, 0) is 0 Å². The minimum atomic E-state index is 0.0599. The van der Waals surface area contributed by atoms with Gasteiger partial charge in [-0.05, 0) is 13.8 Å². The highest BCUT2D eigenvalue weighted by atomic mass is 32.2. The molecule has 0 bridgehead atoms. The summed E-state index contributed by atoms with van der Waals surface area (Å²) in [5.41, 5.74) is 6.49. The Kier molecular flexibility index (Phi) is 4.02. The molecular formula is C11H19N3OS. The van der Waals surface area contributed by atoms with Gasteiger partial charge >= 0.3 is 0 Å². The van der Waals surface area contributed by atoms with Crippen LogP contribution in [0.4, 0.5) is 5.69 Å². The van der Waals surface area contributed by atoms with E-state index in [4.69, 9.17) is 10.5 Å². The first-order valence-electron chi connectivity index (χ1n) is 5.26. The van der Waals surface area contributed by atoms with Crippen LogP contribution in [0.15, 0.2) is 11.4 Å². The molecule has 0 amide bonds. The molecule has 0 radical (unpaired) electrons. The number of thioether (sulfide) groups is 1. The average Bonchev–Trinajstić information content (AvgIpc) is 2.09. The Morgan fingerprint density at radius 3 is 2.44 bits per heavy atom. The van der Waals surface area contributed by atoms with Gasteiger partial charge in [-0.2, -0.15) is 4.98 Å². The van der Waals surface area contributed by atoms with E-state index in [-0.39, 0.29) is 10.9 Å². The number of rotatable bonds is 3. The molecule has 0 spiro atoms. The molecule has 90 valence electrons. The van der Waals surface area contributed by atoms with Gasteiger partial charge in [-0.3, -0.25) is 0 Å². The molecule has 0 atom stereocenters. The third kappa shape index (κ3) is 3.89. The average molecular weight is 241 g/mol. The first-order chi connectivity index (χ1) is 7.29. The molecule has 1 rings (SSSR count). The van der Waals surface area contributed by atoms with E-state index in [1.807, 2.05) is 13.8 Å². The number of hydrogen-bond acceptors (Lipinski definition) is 5. The molecule has 4 nitrogen and oxygen atoms in total. The molecule has 0 fully saturated rings. The molecule has 2 N–H and O–H groups in total. The standard InChI is InChI=1S/C11H19N3OS/c1-7(2)15-9-8(12)10(14-6-13-9)16-11(3,4)5/h6-7H,12H2,1-5H3. The lowest BCUT2D eigenvalue weighted by Gasteiger charge is -2.19. The van der Waals surface area contributed by atoms with Gasteiger partial charge in [0.05, 0.1) is 6.10 Å². The van der Waals surface area contributed by atoms with E-state index in [2.05, 4.69) is 30.7 Å².